The van der Waals surface area contributed by atoms with Gasteiger partial charge in [-0.1, -0.05) is 6.07 Å². The van der Waals surface area contributed by atoms with Crippen molar-refractivity contribution in [2.24, 2.45) is 0 Å². The second-order valence-corrected chi connectivity index (χ2v) is 14.7. The monoisotopic (exact) mass is 622 g/mol. The first-order chi connectivity index (χ1) is 19.2. The van der Waals surface area contributed by atoms with Crippen molar-refractivity contribution in [3.63, 3.8) is 0 Å². The molecule has 15 heteroatoms. The molecule has 0 aliphatic carbocycles. The normalized spacial score (nSPS) is 13.7. The largest absolute Gasteiger partial charge is 0.465 e. The topological polar surface area (TPSA) is 161 Å². The number of sulfonamides is 3. The average Bonchev–Trinajstić information content (AvgIpc) is 2.95. The van der Waals surface area contributed by atoms with Crippen LogP contribution in [0.5, 0.6) is 0 Å². The summed E-state index contributed by atoms with van der Waals surface area (Å²) >= 11 is 0. The van der Waals surface area contributed by atoms with Crippen LogP contribution in [0.15, 0.2) is 76.5 Å². The van der Waals surface area contributed by atoms with E-state index in [2.05, 4.69) is 9.47 Å². The summed E-state index contributed by atoms with van der Waals surface area (Å²) in [7, 11) is -11.2. The van der Waals surface area contributed by atoms with Crippen molar-refractivity contribution in [1.29, 1.82) is 0 Å². The van der Waals surface area contributed by atoms with Crippen molar-refractivity contribution >= 4 is 53.4 Å². The summed E-state index contributed by atoms with van der Waals surface area (Å²) in [5.74, 6) is -1.45. The molecule has 3 aromatic rings. The van der Waals surface area contributed by atoms with Crippen LogP contribution >= 0.6 is 0 Å². The molecule has 0 spiro atoms. The van der Waals surface area contributed by atoms with Crippen LogP contribution in [-0.2, 0) is 46.0 Å². The number of fused-ring (bicyclic) bond motifs is 1. The summed E-state index contributed by atoms with van der Waals surface area (Å²) in [5, 5.41) is 0. The maximum atomic E-state index is 14.0. The van der Waals surface area contributed by atoms with Crippen LogP contribution in [-0.4, -0.2) is 64.2 Å². The predicted molar refractivity (Wildman–Crippen MR) is 149 cm³/mol. The van der Waals surface area contributed by atoms with E-state index >= 15 is 0 Å². The molecule has 0 amide bonds. The minimum atomic E-state index is -4.89. The molecule has 0 unspecified atom stereocenters. The Morgan fingerprint density at radius 1 is 0.732 bits per heavy atom. The maximum absolute atomic E-state index is 14.0. The molecule has 1 heterocycles. The van der Waals surface area contributed by atoms with Gasteiger partial charge in [-0.05, 0) is 79.1 Å². The van der Waals surface area contributed by atoms with Gasteiger partial charge in [0.2, 0.25) is 10.0 Å². The van der Waals surface area contributed by atoms with E-state index in [0.717, 1.165) is 49.0 Å². The van der Waals surface area contributed by atoms with Crippen LogP contribution in [0.4, 0.5) is 11.4 Å². The number of hydrogen-bond donors (Lipinski definition) is 0. The Bertz CT molecular complexity index is 1730. The standard InChI is InChI=1S/C26H26N2O10S3/c1-37-25(29)19-7-12-22(13-8-19)40(33,34)28(41(35,36)23-14-9-20(10-15-23)26(30)38-2)21-11-6-18-5-4-16-27(24(18)17-21)39(3,31)32/h6-15,17H,4-5,16H2,1-3H3. The molecule has 0 saturated heterocycles. The minimum absolute atomic E-state index is 0.0387. The fourth-order valence-electron chi connectivity index (χ4n) is 4.35. The number of ether oxygens (including phenoxy) is 2. The van der Waals surface area contributed by atoms with Crippen LogP contribution in [0.3, 0.4) is 0 Å². The molecule has 1 aliphatic rings. The zero-order chi connectivity index (χ0) is 30.2. The van der Waals surface area contributed by atoms with Gasteiger partial charge < -0.3 is 9.47 Å². The number of carbonyl (C=O) groups is 2. The van der Waals surface area contributed by atoms with Gasteiger partial charge in [-0.2, -0.15) is 3.71 Å². The minimum Gasteiger partial charge on any atom is -0.465 e. The van der Waals surface area contributed by atoms with Gasteiger partial charge in [0.05, 0.1) is 52.8 Å². The first-order valence-corrected chi connectivity index (χ1v) is 16.7. The van der Waals surface area contributed by atoms with Crippen LogP contribution in [0.25, 0.3) is 0 Å². The molecule has 0 aromatic heterocycles. The highest BCUT2D eigenvalue weighted by atomic mass is 32.3. The third-order valence-electron chi connectivity index (χ3n) is 6.34. The van der Waals surface area contributed by atoms with Crippen molar-refractivity contribution in [2.45, 2.75) is 22.6 Å². The number of methoxy groups -OCH3 is 2. The summed E-state index contributed by atoms with van der Waals surface area (Å²) in [5.41, 5.74) is 0.501. The number of anilines is 2. The lowest BCUT2D eigenvalue weighted by Crippen LogP contribution is -2.38. The predicted octanol–water partition coefficient (Wildman–Crippen LogP) is 2.56. The molecule has 1 aliphatic heterocycles. The molecule has 0 radical (unpaired) electrons. The Kier molecular flexibility index (Phi) is 8.16. The van der Waals surface area contributed by atoms with Crippen molar-refractivity contribution in [2.75, 3.05) is 35.0 Å². The van der Waals surface area contributed by atoms with Gasteiger partial charge in [-0.15, -0.1) is 0 Å². The van der Waals surface area contributed by atoms with Gasteiger partial charge in [0.25, 0.3) is 20.0 Å². The molecular weight excluding hydrogens is 596 g/mol. The van der Waals surface area contributed by atoms with E-state index in [-0.39, 0.29) is 32.8 Å². The summed E-state index contributed by atoms with van der Waals surface area (Å²) in [6.45, 7) is 0.138. The van der Waals surface area contributed by atoms with Gasteiger partial charge in [-0.3, -0.25) is 4.31 Å². The van der Waals surface area contributed by atoms with Crippen LogP contribution in [0.1, 0.15) is 32.7 Å². The van der Waals surface area contributed by atoms with E-state index in [1.807, 2.05) is 0 Å². The van der Waals surface area contributed by atoms with E-state index in [1.165, 1.54) is 42.5 Å². The fourth-order valence-corrected chi connectivity index (χ4v) is 9.01. The number of rotatable bonds is 8. The first-order valence-electron chi connectivity index (χ1n) is 12.0. The number of hydrogen-bond acceptors (Lipinski definition) is 10. The molecule has 3 aromatic carbocycles. The van der Waals surface area contributed by atoms with Crippen molar-refractivity contribution in [1.82, 2.24) is 0 Å². The highest BCUT2D eigenvalue weighted by molar-refractivity contribution is 8.10. The Morgan fingerprint density at radius 2 is 1.20 bits per heavy atom. The molecule has 4 rings (SSSR count). The first kappa shape index (κ1) is 30.0. The number of benzene rings is 3. The lowest BCUT2D eigenvalue weighted by atomic mass is 10.0. The Morgan fingerprint density at radius 3 is 1.61 bits per heavy atom. The lowest BCUT2D eigenvalue weighted by molar-refractivity contribution is 0.0592. The second-order valence-electron chi connectivity index (χ2n) is 8.99. The van der Waals surface area contributed by atoms with Crippen molar-refractivity contribution < 1.29 is 44.3 Å². The third kappa shape index (κ3) is 5.78. The van der Waals surface area contributed by atoms with Gasteiger partial charge in [0.1, 0.15) is 0 Å². The highest BCUT2D eigenvalue weighted by Crippen LogP contribution is 2.37. The SMILES string of the molecule is COC(=O)c1ccc(S(=O)(=O)N(c2ccc3c(c2)N(S(C)(=O)=O)CCC3)S(=O)(=O)c2ccc(C(=O)OC)cc2)cc1. The molecule has 0 bridgehead atoms. The van der Waals surface area contributed by atoms with E-state index in [0.29, 0.717) is 18.4 Å². The molecular formula is C26H26N2O10S3. The lowest BCUT2D eigenvalue weighted by Gasteiger charge is -2.31. The van der Waals surface area contributed by atoms with Crippen LogP contribution < -0.4 is 8.02 Å². The van der Waals surface area contributed by atoms with E-state index in [4.69, 9.17) is 0 Å². The molecule has 218 valence electrons. The number of aryl methyl sites for hydroxylation is 1. The number of esters is 2. The Labute approximate surface area is 238 Å². The van der Waals surface area contributed by atoms with Gasteiger partial charge in [0.15, 0.2) is 0 Å². The zero-order valence-corrected chi connectivity index (χ0v) is 24.6. The quantitative estimate of drug-likeness (QED) is 0.341. The smallest absolute Gasteiger partial charge is 0.337 e. The Hall–Kier alpha value is -3.95. The van der Waals surface area contributed by atoms with Gasteiger partial charge in [-0.25, -0.2) is 34.8 Å². The van der Waals surface area contributed by atoms with Crippen LogP contribution in [0, 0.1) is 0 Å². The average molecular weight is 623 g/mol. The van der Waals surface area contributed by atoms with Gasteiger partial charge >= 0.3 is 11.9 Å². The van der Waals surface area contributed by atoms with Crippen molar-refractivity contribution in [3.8, 4) is 0 Å². The summed E-state index contributed by atoms with van der Waals surface area (Å²) < 4.78 is 91.5. The molecule has 41 heavy (non-hydrogen) atoms. The molecule has 0 fully saturated rings. The fraction of sp³-hybridized carbons (Fsp3) is 0.231. The summed E-state index contributed by atoms with van der Waals surface area (Å²) in [6.07, 6.45) is 2.04. The molecule has 0 atom stereocenters. The van der Waals surface area contributed by atoms with Crippen molar-refractivity contribution in [3.05, 3.63) is 83.4 Å². The number of nitrogens with zero attached hydrogens (tertiary/aromatic N) is 2. The van der Waals surface area contributed by atoms with E-state index in [9.17, 15) is 34.8 Å². The highest BCUT2D eigenvalue weighted by Gasteiger charge is 2.38. The summed E-state index contributed by atoms with van der Waals surface area (Å²) in [4.78, 5) is 22.8. The Balaban J connectivity index is 1.93. The van der Waals surface area contributed by atoms with Gasteiger partial charge in [0, 0.05) is 6.54 Å². The molecule has 0 saturated carbocycles. The molecule has 12 nitrogen and oxygen atoms in total. The third-order valence-corrected chi connectivity index (χ3v) is 11.7. The zero-order valence-electron chi connectivity index (χ0n) is 22.2. The van der Waals surface area contributed by atoms with E-state index < -0.39 is 51.8 Å². The van der Waals surface area contributed by atoms with Crippen LogP contribution in [0.2, 0.25) is 0 Å². The van der Waals surface area contributed by atoms with E-state index in [1.54, 1.807) is 0 Å². The molecule has 0 N–H and O–H groups in total. The number of carbonyl (C=O) groups excluding carboxylic acids is 2. The maximum Gasteiger partial charge on any atom is 0.337 e. The second kappa shape index (κ2) is 11.1. The summed E-state index contributed by atoms with van der Waals surface area (Å²) in [6, 6.07) is 12.9.